The highest BCUT2D eigenvalue weighted by molar-refractivity contribution is 7.15. The Hall–Kier alpha value is -1.35. The lowest BCUT2D eigenvalue weighted by Gasteiger charge is -2.11. The first kappa shape index (κ1) is 14.1. The Labute approximate surface area is 119 Å². The van der Waals surface area contributed by atoms with Crippen molar-refractivity contribution in [1.82, 2.24) is 4.98 Å². The van der Waals surface area contributed by atoms with Crippen molar-refractivity contribution in [1.29, 1.82) is 0 Å². The molecule has 0 fully saturated rings. The average molecular weight is 274 g/mol. The van der Waals surface area contributed by atoms with Crippen molar-refractivity contribution in [2.24, 2.45) is 0 Å². The number of aromatic nitrogens is 1. The lowest BCUT2D eigenvalue weighted by molar-refractivity contribution is 0.794. The van der Waals surface area contributed by atoms with Crippen molar-refractivity contribution in [2.75, 3.05) is 5.73 Å². The molecule has 0 saturated heterocycles. The molecule has 0 radical (unpaired) electrons. The predicted molar refractivity (Wildman–Crippen MR) is 83.8 cm³/mol. The molecule has 1 aromatic carbocycles. The molecule has 0 saturated carbocycles. The van der Waals surface area contributed by atoms with E-state index < -0.39 is 0 Å². The van der Waals surface area contributed by atoms with Crippen LogP contribution in [-0.2, 0) is 6.42 Å². The summed E-state index contributed by atoms with van der Waals surface area (Å²) in [4.78, 5) is 5.59. The Morgan fingerprint density at radius 1 is 1.26 bits per heavy atom. The number of rotatable bonds is 5. The van der Waals surface area contributed by atoms with Crippen LogP contribution < -0.4 is 5.73 Å². The summed E-state index contributed by atoms with van der Waals surface area (Å²) in [5.74, 6) is 0.370. The number of hydrogen-bond acceptors (Lipinski definition) is 3. The number of benzene rings is 1. The van der Waals surface area contributed by atoms with Crippen molar-refractivity contribution in [3.63, 3.8) is 0 Å². The Morgan fingerprint density at radius 3 is 2.47 bits per heavy atom. The Balaban J connectivity index is 2.15. The molecule has 0 spiro atoms. The number of hydrogen-bond donors (Lipinski definition) is 1. The maximum atomic E-state index is 5.78. The molecular formula is C16H22N2S. The van der Waals surface area contributed by atoms with Crippen LogP contribution in [0, 0.1) is 6.92 Å². The summed E-state index contributed by atoms with van der Waals surface area (Å²) in [7, 11) is 0. The molecule has 2 N–H and O–H groups in total. The highest BCUT2D eigenvalue weighted by atomic mass is 32.1. The number of thiazole rings is 1. The highest BCUT2D eigenvalue weighted by Gasteiger charge is 2.15. The van der Waals surface area contributed by atoms with Gasteiger partial charge in [0, 0.05) is 10.8 Å². The third-order valence-corrected chi connectivity index (χ3v) is 4.71. The summed E-state index contributed by atoms with van der Waals surface area (Å²) < 4.78 is 0. The summed E-state index contributed by atoms with van der Waals surface area (Å²) in [6, 6.07) is 8.98. The largest absolute Gasteiger partial charge is 0.375 e. The minimum atomic E-state index is 0.370. The summed E-state index contributed by atoms with van der Waals surface area (Å²) >= 11 is 1.60. The second-order valence-electron chi connectivity index (χ2n) is 5.07. The molecule has 0 aliphatic rings. The first-order chi connectivity index (χ1) is 9.11. The van der Waals surface area contributed by atoms with Gasteiger partial charge in [-0.1, -0.05) is 44.5 Å². The number of nitrogens with zero attached hydrogens (tertiary/aromatic N) is 1. The number of nitrogens with two attached hydrogens (primary N) is 1. The van der Waals surface area contributed by atoms with Crippen molar-refractivity contribution in [3.05, 3.63) is 46.0 Å². The van der Waals surface area contributed by atoms with Gasteiger partial charge in [-0.3, -0.25) is 0 Å². The molecule has 1 heterocycles. The van der Waals surface area contributed by atoms with Gasteiger partial charge >= 0.3 is 0 Å². The second kappa shape index (κ2) is 6.20. The van der Waals surface area contributed by atoms with Crippen molar-refractivity contribution in [2.45, 2.75) is 46.0 Å². The maximum Gasteiger partial charge on any atom is 0.180 e. The van der Waals surface area contributed by atoms with Crippen LogP contribution in [0.5, 0.6) is 0 Å². The summed E-state index contributed by atoms with van der Waals surface area (Å²) in [6.45, 7) is 6.49. The van der Waals surface area contributed by atoms with E-state index in [9.17, 15) is 0 Å². The highest BCUT2D eigenvalue weighted by Crippen LogP contribution is 2.32. The normalized spacial score (nSPS) is 12.6. The number of nitrogen functional groups attached to an aromatic ring is 1. The van der Waals surface area contributed by atoms with Gasteiger partial charge in [0.15, 0.2) is 5.13 Å². The van der Waals surface area contributed by atoms with E-state index in [1.54, 1.807) is 11.3 Å². The van der Waals surface area contributed by atoms with Crippen LogP contribution in [0.1, 0.15) is 54.3 Å². The molecule has 2 aromatic rings. The molecule has 0 bridgehead atoms. The van der Waals surface area contributed by atoms with Crippen molar-refractivity contribution < 1.29 is 0 Å². The number of aryl methyl sites for hydroxylation is 2. The Kier molecular flexibility index (Phi) is 4.59. The van der Waals surface area contributed by atoms with Gasteiger partial charge in [0.25, 0.3) is 0 Å². The molecule has 2 rings (SSSR count). The van der Waals surface area contributed by atoms with Gasteiger partial charge in [-0.05, 0) is 30.9 Å². The van der Waals surface area contributed by atoms with Gasteiger partial charge in [0.05, 0.1) is 5.69 Å². The van der Waals surface area contributed by atoms with E-state index in [1.165, 1.54) is 35.3 Å². The molecule has 0 aliphatic carbocycles. The van der Waals surface area contributed by atoms with Gasteiger partial charge in [0.1, 0.15) is 0 Å². The van der Waals surface area contributed by atoms with Crippen LogP contribution in [0.2, 0.25) is 0 Å². The first-order valence-electron chi connectivity index (χ1n) is 6.93. The monoisotopic (exact) mass is 274 g/mol. The zero-order valence-electron chi connectivity index (χ0n) is 11.9. The van der Waals surface area contributed by atoms with Crippen LogP contribution in [0.4, 0.5) is 5.13 Å². The standard InChI is InChI=1S/C16H22N2S/c1-4-5-6-13-7-9-14(10-8-13)11(2)15-12(3)18-16(17)19-15/h7-11H,4-6H2,1-3H3,(H2,17,18). The van der Waals surface area contributed by atoms with E-state index in [-0.39, 0.29) is 0 Å². The minimum Gasteiger partial charge on any atom is -0.375 e. The van der Waals surface area contributed by atoms with Crippen LogP contribution in [0.3, 0.4) is 0 Å². The van der Waals surface area contributed by atoms with Crippen LogP contribution in [-0.4, -0.2) is 4.98 Å². The maximum absolute atomic E-state index is 5.78. The molecule has 0 aliphatic heterocycles. The fraction of sp³-hybridized carbons (Fsp3) is 0.438. The lowest BCUT2D eigenvalue weighted by Crippen LogP contribution is -1.96. The van der Waals surface area contributed by atoms with E-state index >= 15 is 0 Å². The zero-order chi connectivity index (χ0) is 13.8. The molecule has 2 nitrogen and oxygen atoms in total. The molecule has 1 atom stereocenters. The van der Waals surface area contributed by atoms with Gasteiger partial charge < -0.3 is 5.73 Å². The average Bonchev–Trinajstić information content (AvgIpc) is 2.75. The molecular weight excluding hydrogens is 252 g/mol. The van der Waals surface area contributed by atoms with E-state index in [1.807, 2.05) is 6.92 Å². The Bertz CT molecular complexity index is 528. The zero-order valence-corrected chi connectivity index (χ0v) is 12.8. The second-order valence-corrected chi connectivity index (χ2v) is 6.13. The van der Waals surface area contributed by atoms with Crippen LogP contribution >= 0.6 is 11.3 Å². The minimum absolute atomic E-state index is 0.370. The lowest BCUT2D eigenvalue weighted by atomic mass is 9.96. The summed E-state index contributed by atoms with van der Waals surface area (Å²) in [6.07, 6.45) is 3.69. The molecule has 0 amide bonds. The summed E-state index contributed by atoms with van der Waals surface area (Å²) in [5.41, 5.74) is 9.61. The van der Waals surface area contributed by atoms with Gasteiger partial charge in [-0.15, -0.1) is 11.3 Å². The number of unbranched alkanes of at least 4 members (excludes halogenated alkanes) is 1. The van der Waals surface area contributed by atoms with E-state index in [4.69, 9.17) is 5.73 Å². The van der Waals surface area contributed by atoms with Gasteiger partial charge in [0.2, 0.25) is 0 Å². The van der Waals surface area contributed by atoms with E-state index in [2.05, 4.69) is 43.1 Å². The topological polar surface area (TPSA) is 38.9 Å². The fourth-order valence-corrected chi connectivity index (χ4v) is 3.25. The van der Waals surface area contributed by atoms with Crippen molar-refractivity contribution in [3.8, 4) is 0 Å². The fourth-order valence-electron chi connectivity index (χ4n) is 2.34. The van der Waals surface area contributed by atoms with Crippen LogP contribution in [0.25, 0.3) is 0 Å². The molecule has 1 aromatic heterocycles. The molecule has 19 heavy (non-hydrogen) atoms. The van der Waals surface area contributed by atoms with E-state index in [0.29, 0.717) is 11.0 Å². The third kappa shape index (κ3) is 3.35. The van der Waals surface area contributed by atoms with Crippen molar-refractivity contribution >= 4 is 16.5 Å². The molecule has 1 unspecified atom stereocenters. The quantitative estimate of drug-likeness (QED) is 0.870. The van der Waals surface area contributed by atoms with Crippen LogP contribution in [0.15, 0.2) is 24.3 Å². The van der Waals surface area contributed by atoms with E-state index in [0.717, 1.165) is 5.69 Å². The predicted octanol–water partition coefficient (Wildman–Crippen LogP) is 4.53. The summed E-state index contributed by atoms with van der Waals surface area (Å²) in [5, 5.41) is 0.666. The smallest absolute Gasteiger partial charge is 0.180 e. The Morgan fingerprint density at radius 2 is 1.95 bits per heavy atom. The van der Waals surface area contributed by atoms with Gasteiger partial charge in [-0.2, -0.15) is 0 Å². The first-order valence-corrected chi connectivity index (χ1v) is 7.75. The molecule has 3 heteroatoms. The SMILES string of the molecule is CCCCc1ccc(C(C)c2sc(N)nc2C)cc1. The number of anilines is 1. The third-order valence-electron chi connectivity index (χ3n) is 3.54. The van der Waals surface area contributed by atoms with Gasteiger partial charge in [-0.25, -0.2) is 4.98 Å². The molecule has 102 valence electrons.